The number of imidazole rings is 1. The molecule has 1 aromatic carbocycles. The second-order valence-electron chi connectivity index (χ2n) is 5.93. The van der Waals surface area contributed by atoms with Crippen LogP contribution in [0, 0.1) is 0 Å². The molecule has 140 valence electrons. The molecule has 0 saturated carbocycles. The molecule has 0 radical (unpaired) electrons. The third-order valence-electron chi connectivity index (χ3n) is 4.20. The SMILES string of the molecule is C=CCN1C(=O)/C(=C/c2c(-c3ccc(Cl)cc3)nc3sccn23)C(=O)NC1=S. The highest BCUT2D eigenvalue weighted by Crippen LogP contribution is 2.30. The van der Waals surface area contributed by atoms with Crippen molar-refractivity contribution in [3.05, 3.63) is 64.8 Å². The van der Waals surface area contributed by atoms with Crippen LogP contribution in [0.1, 0.15) is 5.69 Å². The van der Waals surface area contributed by atoms with E-state index in [0.29, 0.717) is 16.4 Å². The number of thiocarbonyl (C=S) groups is 1. The summed E-state index contributed by atoms with van der Waals surface area (Å²) in [6.45, 7) is 3.84. The van der Waals surface area contributed by atoms with Crippen molar-refractivity contribution < 1.29 is 9.59 Å². The van der Waals surface area contributed by atoms with E-state index < -0.39 is 11.8 Å². The van der Waals surface area contributed by atoms with Crippen LogP contribution in [0.3, 0.4) is 0 Å². The van der Waals surface area contributed by atoms with Crippen molar-refractivity contribution in [2.75, 3.05) is 6.54 Å². The van der Waals surface area contributed by atoms with Crippen molar-refractivity contribution in [1.29, 1.82) is 0 Å². The van der Waals surface area contributed by atoms with Gasteiger partial charge in [0.2, 0.25) is 0 Å². The molecular formula is C19H13ClN4O2S2. The Balaban J connectivity index is 1.87. The van der Waals surface area contributed by atoms with E-state index >= 15 is 0 Å². The fraction of sp³-hybridized carbons (Fsp3) is 0.0526. The molecule has 1 aliphatic rings. The molecule has 6 nitrogen and oxygen atoms in total. The molecule has 1 fully saturated rings. The highest BCUT2D eigenvalue weighted by molar-refractivity contribution is 7.80. The van der Waals surface area contributed by atoms with Crippen LogP contribution in [-0.2, 0) is 9.59 Å². The highest BCUT2D eigenvalue weighted by Gasteiger charge is 2.33. The number of aromatic nitrogens is 2. The van der Waals surface area contributed by atoms with Gasteiger partial charge in [-0.15, -0.1) is 17.9 Å². The van der Waals surface area contributed by atoms with E-state index in [9.17, 15) is 9.59 Å². The Bertz CT molecular complexity index is 1160. The van der Waals surface area contributed by atoms with Crippen LogP contribution in [0.15, 0.2) is 54.1 Å². The molecule has 0 spiro atoms. The number of carbonyl (C=O) groups is 2. The van der Waals surface area contributed by atoms with E-state index in [1.165, 1.54) is 16.2 Å². The quantitative estimate of drug-likeness (QED) is 0.299. The minimum absolute atomic E-state index is 0.0151. The van der Waals surface area contributed by atoms with Gasteiger partial charge in [0.1, 0.15) is 5.57 Å². The number of fused-ring (bicyclic) bond motifs is 1. The maximum atomic E-state index is 12.8. The topological polar surface area (TPSA) is 66.7 Å². The molecule has 2 aromatic heterocycles. The number of carbonyl (C=O) groups excluding carboxylic acids is 2. The van der Waals surface area contributed by atoms with Crippen LogP contribution < -0.4 is 5.32 Å². The van der Waals surface area contributed by atoms with Crippen LogP contribution in [0.25, 0.3) is 22.3 Å². The van der Waals surface area contributed by atoms with Crippen LogP contribution in [0.5, 0.6) is 0 Å². The van der Waals surface area contributed by atoms with Gasteiger partial charge in [0.05, 0.1) is 11.4 Å². The zero-order chi connectivity index (χ0) is 19.8. The van der Waals surface area contributed by atoms with Crippen molar-refractivity contribution in [2.24, 2.45) is 0 Å². The fourth-order valence-corrected chi connectivity index (χ4v) is 3.98. The lowest BCUT2D eigenvalue weighted by Gasteiger charge is -2.27. The lowest BCUT2D eigenvalue weighted by atomic mass is 10.1. The largest absolute Gasteiger partial charge is 0.298 e. The monoisotopic (exact) mass is 428 g/mol. The first kappa shape index (κ1) is 18.5. The zero-order valence-corrected chi connectivity index (χ0v) is 16.8. The van der Waals surface area contributed by atoms with E-state index in [2.05, 4.69) is 16.9 Å². The summed E-state index contributed by atoms with van der Waals surface area (Å²) in [5, 5.41) is 5.12. The number of hydrogen-bond donors (Lipinski definition) is 1. The van der Waals surface area contributed by atoms with Crippen molar-refractivity contribution in [2.45, 2.75) is 0 Å². The molecule has 9 heteroatoms. The van der Waals surface area contributed by atoms with Crippen molar-refractivity contribution in [3.8, 4) is 11.3 Å². The zero-order valence-electron chi connectivity index (χ0n) is 14.4. The molecule has 1 saturated heterocycles. The number of benzene rings is 1. The van der Waals surface area contributed by atoms with Crippen LogP contribution in [0.4, 0.5) is 0 Å². The molecule has 0 atom stereocenters. The normalized spacial score (nSPS) is 16.1. The van der Waals surface area contributed by atoms with Gasteiger partial charge in [-0.05, 0) is 30.4 Å². The van der Waals surface area contributed by atoms with Gasteiger partial charge >= 0.3 is 0 Å². The van der Waals surface area contributed by atoms with E-state index in [4.69, 9.17) is 23.8 Å². The lowest BCUT2D eigenvalue weighted by Crippen LogP contribution is -2.53. The van der Waals surface area contributed by atoms with Crippen LogP contribution in [-0.4, -0.2) is 37.8 Å². The highest BCUT2D eigenvalue weighted by atomic mass is 35.5. The summed E-state index contributed by atoms with van der Waals surface area (Å²) in [6.07, 6.45) is 4.94. The summed E-state index contributed by atoms with van der Waals surface area (Å²) in [5.74, 6) is -1.01. The predicted molar refractivity (Wildman–Crippen MR) is 114 cm³/mol. The summed E-state index contributed by atoms with van der Waals surface area (Å²) < 4.78 is 1.84. The van der Waals surface area contributed by atoms with Gasteiger partial charge in [-0.3, -0.25) is 24.2 Å². The number of hydrogen-bond acceptors (Lipinski definition) is 5. The van der Waals surface area contributed by atoms with Crippen LogP contribution >= 0.6 is 35.2 Å². The molecule has 2 amide bonds. The Kier molecular flexibility index (Phi) is 4.84. The molecule has 0 bridgehead atoms. The maximum Gasteiger partial charge on any atom is 0.266 e. The van der Waals surface area contributed by atoms with Gasteiger partial charge in [-0.25, -0.2) is 4.98 Å². The molecule has 0 aliphatic carbocycles. The Hall–Kier alpha value is -2.81. The van der Waals surface area contributed by atoms with Crippen LogP contribution in [0.2, 0.25) is 5.02 Å². The van der Waals surface area contributed by atoms with Gasteiger partial charge in [-0.1, -0.05) is 29.8 Å². The Morgan fingerprint density at radius 1 is 1.29 bits per heavy atom. The number of rotatable bonds is 4. The van der Waals surface area contributed by atoms with E-state index in [1.54, 1.807) is 24.3 Å². The minimum atomic E-state index is -0.539. The smallest absolute Gasteiger partial charge is 0.266 e. The summed E-state index contributed by atoms with van der Waals surface area (Å²) in [5.41, 5.74) is 2.09. The number of nitrogens with zero attached hydrogens (tertiary/aromatic N) is 3. The lowest BCUT2D eigenvalue weighted by molar-refractivity contribution is -0.128. The number of nitrogens with one attached hydrogen (secondary N) is 1. The predicted octanol–water partition coefficient (Wildman–Crippen LogP) is 3.53. The van der Waals surface area contributed by atoms with Gasteiger partial charge in [-0.2, -0.15) is 0 Å². The molecule has 28 heavy (non-hydrogen) atoms. The third-order valence-corrected chi connectivity index (χ3v) is 5.53. The molecule has 1 aliphatic heterocycles. The van der Waals surface area contributed by atoms with Gasteiger partial charge in [0.15, 0.2) is 10.1 Å². The average molecular weight is 429 g/mol. The first-order chi connectivity index (χ1) is 13.5. The summed E-state index contributed by atoms with van der Waals surface area (Å²) in [4.78, 5) is 32.0. The molecule has 4 rings (SSSR count). The van der Waals surface area contributed by atoms with E-state index in [1.807, 2.05) is 28.1 Å². The minimum Gasteiger partial charge on any atom is -0.298 e. The molecule has 3 heterocycles. The summed E-state index contributed by atoms with van der Waals surface area (Å²) in [6, 6.07) is 7.23. The standard InChI is InChI=1S/C19H13ClN4O2S2/c1-2-7-24-17(26)13(16(25)22-18(24)27)10-14-15(11-3-5-12(20)6-4-11)21-19-23(14)8-9-28-19/h2-6,8-10H,1,7H2,(H,22,25,27)/b13-10+. The summed E-state index contributed by atoms with van der Waals surface area (Å²) in [7, 11) is 0. The van der Waals surface area contributed by atoms with Crippen molar-refractivity contribution in [3.63, 3.8) is 0 Å². The molecular weight excluding hydrogens is 416 g/mol. The average Bonchev–Trinajstić information content (AvgIpc) is 3.25. The summed E-state index contributed by atoms with van der Waals surface area (Å²) >= 11 is 12.5. The first-order valence-electron chi connectivity index (χ1n) is 8.21. The van der Waals surface area contributed by atoms with Gasteiger partial charge in [0.25, 0.3) is 11.8 Å². The van der Waals surface area contributed by atoms with Gasteiger partial charge in [0, 0.05) is 28.7 Å². The number of halogens is 1. The van der Waals surface area contributed by atoms with E-state index in [0.717, 1.165) is 10.5 Å². The number of amides is 2. The van der Waals surface area contributed by atoms with Gasteiger partial charge < -0.3 is 0 Å². The number of thiazole rings is 1. The third kappa shape index (κ3) is 3.15. The fourth-order valence-electron chi connectivity index (χ4n) is 2.89. The Labute approximate surface area is 174 Å². The molecule has 0 unspecified atom stereocenters. The Morgan fingerprint density at radius 2 is 2.04 bits per heavy atom. The molecule has 1 N–H and O–H groups in total. The first-order valence-corrected chi connectivity index (χ1v) is 9.87. The van der Waals surface area contributed by atoms with Crippen molar-refractivity contribution in [1.82, 2.24) is 19.6 Å². The maximum absolute atomic E-state index is 12.8. The van der Waals surface area contributed by atoms with Crippen molar-refractivity contribution >= 4 is 63.1 Å². The van der Waals surface area contributed by atoms with E-state index in [-0.39, 0.29) is 17.2 Å². The Morgan fingerprint density at radius 3 is 2.75 bits per heavy atom. The molecule has 3 aromatic rings. The second kappa shape index (κ2) is 7.31. The second-order valence-corrected chi connectivity index (χ2v) is 7.63.